The Morgan fingerprint density at radius 1 is 1.17 bits per heavy atom. The van der Waals surface area contributed by atoms with Crippen LogP contribution in [0.1, 0.15) is 36.8 Å². The van der Waals surface area contributed by atoms with Crippen molar-refractivity contribution in [2.24, 2.45) is 10.7 Å². The molecule has 0 saturated carbocycles. The molecule has 0 bridgehead atoms. The van der Waals surface area contributed by atoms with E-state index in [0.29, 0.717) is 19.0 Å². The maximum Gasteiger partial charge on any atom is 0.189 e. The van der Waals surface area contributed by atoms with E-state index in [0.717, 1.165) is 24.6 Å². The Kier molecular flexibility index (Phi) is 5.37. The minimum absolute atomic E-state index is 0.183. The summed E-state index contributed by atoms with van der Waals surface area (Å²) < 4.78 is 10.9. The topological polar surface area (TPSA) is 79.9 Å². The highest BCUT2D eigenvalue weighted by Crippen LogP contribution is 2.24. The van der Waals surface area contributed by atoms with E-state index >= 15 is 0 Å². The summed E-state index contributed by atoms with van der Waals surface area (Å²) in [6.07, 6.45) is 7.14. The Morgan fingerprint density at radius 2 is 1.96 bits per heavy atom. The number of hydrogen-bond donors (Lipinski definition) is 2. The number of nitrogens with one attached hydrogen (secondary N) is 1. The predicted octanol–water partition coefficient (Wildman–Crippen LogP) is 2.50. The van der Waals surface area contributed by atoms with Gasteiger partial charge in [0.2, 0.25) is 0 Å². The van der Waals surface area contributed by atoms with Crippen molar-refractivity contribution in [3.05, 3.63) is 48.3 Å². The average Bonchev–Trinajstić information content (AvgIpc) is 3.28. The molecular formula is C17H24N4O2. The molecule has 124 valence electrons. The van der Waals surface area contributed by atoms with E-state index in [4.69, 9.17) is 14.6 Å². The van der Waals surface area contributed by atoms with Crippen molar-refractivity contribution in [2.75, 3.05) is 19.6 Å². The Labute approximate surface area is 136 Å². The maximum atomic E-state index is 5.97. The zero-order valence-corrected chi connectivity index (χ0v) is 13.3. The quantitative estimate of drug-likeness (QED) is 0.632. The highest BCUT2D eigenvalue weighted by atomic mass is 16.3. The number of furan rings is 2. The van der Waals surface area contributed by atoms with Gasteiger partial charge in [-0.15, -0.1) is 0 Å². The molecule has 1 unspecified atom stereocenters. The molecule has 6 nitrogen and oxygen atoms in total. The first-order valence-corrected chi connectivity index (χ1v) is 8.16. The highest BCUT2D eigenvalue weighted by molar-refractivity contribution is 5.77. The van der Waals surface area contributed by atoms with E-state index in [1.54, 1.807) is 12.5 Å². The fraction of sp³-hybridized carbons (Fsp3) is 0.471. The lowest BCUT2D eigenvalue weighted by Crippen LogP contribution is -2.42. The third-order valence-electron chi connectivity index (χ3n) is 4.16. The monoisotopic (exact) mass is 316 g/mol. The van der Waals surface area contributed by atoms with E-state index in [2.05, 4.69) is 15.2 Å². The van der Waals surface area contributed by atoms with Crippen LogP contribution in [0.2, 0.25) is 0 Å². The molecule has 3 rings (SSSR count). The molecule has 3 N–H and O–H groups in total. The van der Waals surface area contributed by atoms with Crippen LogP contribution < -0.4 is 11.1 Å². The number of guanidine groups is 1. The van der Waals surface area contributed by atoms with Crippen LogP contribution in [0.15, 0.2) is 50.6 Å². The molecule has 23 heavy (non-hydrogen) atoms. The number of likely N-dealkylation sites (tertiary alicyclic amines) is 1. The lowest BCUT2D eigenvalue weighted by atomic mass is 10.1. The van der Waals surface area contributed by atoms with E-state index in [1.165, 1.54) is 19.3 Å². The number of rotatable bonds is 6. The van der Waals surface area contributed by atoms with Gasteiger partial charge in [0.05, 0.1) is 18.6 Å². The van der Waals surface area contributed by atoms with Gasteiger partial charge in [0.1, 0.15) is 18.1 Å². The zero-order chi connectivity index (χ0) is 15.9. The van der Waals surface area contributed by atoms with Crippen LogP contribution in [0.5, 0.6) is 0 Å². The molecule has 1 aliphatic rings. The minimum atomic E-state index is 0.183. The molecular weight excluding hydrogens is 292 g/mol. The first-order chi connectivity index (χ1) is 11.3. The highest BCUT2D eigenvalue weighted by Gasteiger charge is 2.24. The van der Waals surface area contributed by atoms with Crippen molar-refractivity contribution in [2.45, 2.75) is 31.8 Å². The third-order valence-corrected chi connectivity index (χ3v) is 4.16. The molecule has 0 amide bonds. The van der Waals surface area contributed by atoms with Gasteiger partial charge in [-0.2, -0.15) is 0 Å². The van der Waals surface area contributed by atoms with Gasteiger partial charge in [-0.25, -0.2) is 4.99 Å². The van der Waals surface area contributed by atoms with Gasteiger partial charge in [-0.05, 0) is 50.2 Å². The summed E-state index contributed by atoms with van der Waals surface area (Å²) in [4.78, 5) is 6.76. The maximum absolute atomic E-state index is 5.97. The van der Waals surface area contributed by atoms with Crippen LogP contribution in [-0.4, -0.2) is 30.5 Å². The normalized spacial score (nSPS) is 18.0. The van der Waals surface area contributed by atoms with Crippen LogP contribution in [-0.2, 0) is 6.54 Å². The SMILES string of the molecule is NC(=NCc1ccco1)NCC(c1ccco1)N1CCCCC1. The molecule has 6 heteroatoms. The van der Waals surface area contributed by atoms with Gasteiger partial charge in [-0.3, -0.25) is 4.90 Å². The van der Waals surface area contributed by atoms with E-state index in [-0.39, 0.29) is 6.04 Å². The molecule has 1 aliphatic heterocycles. The Balaban J connectivity index is 1.58. The van der Waals surface area contributed by atoms with Crippen LogP contribution >= 0.6 is 0 Å². The Bertz CT molecular complexity index is 586. The fourth-order valence-electron chi connectivity index (χ4n) is 2.94. The lowest BCUT2D eigenvalue weighted by molar-refractivity contribution is 0.146. The number of hydrogen-bond acceptors (Lipinski definition) is 4. The van der Waals surface area contributed by atoms with Crippen LogP contribution in [0.25, 0.3) is 0 Å². The molecule has 3 heterocycles. The predicted molar refractivity (Wildman–Crippen MR) is 88.9 cm³/mol. The van der Waals surface area contributed by atoms with Gasteiger partial charge < -0.3 is 19.9 Å². The lowest BCUT2D eigenvalue weighted by Gasteiger charge is -2.33. The second-order valence-electron chi connectivity index (χ2n) is 5.79. The minimum Gasteiger partial charge on any atom is -0.468 e. The molecule has 0 spiro atoms. The largest absolute Gasteiger partial charge is 0.468 e. The summed E-state index contributed by atoms with van der Waals surface area (Å²) in [5.74, 6) is 2.20. The standard InChI is InChI=1S/C17H24N4O2/c18-17(19-12-14-6-4-10-22-14)20-13-15(16-7-5-11-23-16)21-8-2-1-3-9-21/h4-7,10-11,15H,1-3,8-9,12-13H2,(H3,18,19,20). The summed E-state index contributed by atoms with van der Waals surface area (Å²) in [5.41, 5.74) is 5.97. The molecule has 0 aliphatic carbocycles. The van der Waals surface area contributed by atoms with Crippen molar-refractivity contribution in [3.8, 4) is 0 Å². The van der Waals surface area contributed by atoms with Crippen LogP contribution in [0.3, 0.4) is 0 Å². The first-order valence-electron chi connectivity index (χ1n) is 8.16. The number of nitrogens with two attached hydrogens (primary N) is 1. The summed E-state index contributed by atoms with van der Waals surface area (Å²) in [7, 11) is 0. The molecule has 0 aromatic carbocycles. The third kappa shape index (κ3) is 4.39. The summed E-state index contributed by atoms with van der Waals surface area (Å²) >= 11 is 0. The number of nitrogens with zero attached hydrogens (tertiary/aromatic N) is 2. The second-order valence-corrected chi connectivity index (χ2v) is 5.79. The molecule has 2 aromatic rings. The van der Waals surface area contributed by atoms with E-state index in [1.807, 2.05) is 24.3 Å². The Morgan fingerprint density at radius 3 is 2.65 bits per heavy atom. The average molecular weight is 316 g/mol. The number of piperidine rings is 1. The van der Waals surface area contributed by atoms with Crippen molar-refractivity contribution < 1.29 is 8.83 Å². The zero-order valence-electron chi connectivity index (χ0n) is 13.3. The molecule has 1 saturated heterocycles. The van der Waals surface area contributed by atoms with Gasteiger partial charge in [0.25, 0.3) is 0 Å². The van der Waals surface area contributed by atoms with Crippen molar-refractivity contribution in [1.82, 2.24) is 10.2 Å². The molecule has 1 fully saturated rings. The Hall–Kier alpha value is -2.21. The first kappa shape index (κ1) is 15.7. The summed E-state index contributed by atoms with van der Waals surface area (Å²) in [6.45, 7) is 3.31. The van der Waals surface area contributed by atoms with Crippen molar-refractivity contribution >= 4 is 5.96 Å². The second kappa shape index (κ2) is 7.87. The van der Waals surface area contributed by atoms with Gasteiger partial charge >= 0.3 is 0 Å². The summed E-state index contributed by atoms with van der Waals surface area (Å²) in [5, 5.41) is 3.22. The van der Waals surface area contributed by atoms with Crippen LogP contribution in [0, 0.1) is 0 Å². The molecule has 2 aromatic heterocycles. The molecule has 1 atom stereocenters. The van der Waals surface area contributed by atoms with Crippen LogP contribution in [0.4, 0.5) is 0 Å². The number of aliphatic imine (C=N–C) groups is 1. The fourth-order valence-corrected chi connectivity index (χ4v) is 2.94. The van der Waals surface area contributed by atoms with Crippen molar-refractivity contribution in [3.63, 3.8) is 0 Å². The van der Waals surface area contributed by atoms with Crippen molar-refractivity contribution in [1.29, 1.82) is 0 Å². The van der Waals surface area contributed by atoms with Gasteiger partial charge in [0.15, 0.2) is 5.96 Å². The summed E-state index contributed by atoms with van der Waals surface area (Å²) in [6, 6.07) is 7.87. The smallest absolute Gasteiger partial charge is 0.189 e. The van der Waals surface area contributed by atoms with Gasteiger partial charge in [0, 0.05) is 6.54 Å². The van der Waals surface area contributed by atoms with E-state index in [9.17, 15) is 0 Å². The van der Waals surface area contributed by atoms with E-state index < -0.39 is 0 Å². The van der Waals surface area contributed by atoms with Gasteiger partial charge in [-0.1, -0.05) is 6.42 Å². The molecule has 0 radical (unpaired) electrons.